The number of nitriles is 1. The number of rotatable bonds is 10. The van der Waals surface area contributed by atoms with Crippen LogP contribution in [0.25, 0.3) is 0 Å². The number of nitro groups is 1. The highest BCUT2D eigenvalue weighted by Crippen LogP contribution is 2.41. The minimum absolute atomic E-state index is 0.155. The second-order valence-electron chi connectivity index (χ2n) is 10.1. The molecule has 3 amide bonds. The summed E-state index contributed by atoms with van der Waals surface area (Å²) in [6.07, 6.45) is -3.56. The first kappa shape index (κ1) is 34.8. The number of nitro benzene ring substituents is 1. The van der Waals surface area contributed by atoms with Crippen molar-refractivity contribution in [2.24, 2.45) is 0 Å². The summed E-state index contributed by atoms with van der Waals surface area (Å²) in [4.78, 5) is 52.2. The standard InChI is InChI=1S/C31H24F3N5O8S/c1-3-15-47-29(41)27-19(2)38(24-6-4-5-22(16-24)31(32,33)34)30(42)37(28(27)21-9-7-20(17-35)8-10-21)18-26(40)36-48(45,46)25-13-11-23(12-14-25)39(43)44/h3-14,16,28H,1,15,18H2,2H3,(H,36,40). The first-order valence-corrected chi connectivity index (χ1v) is 15.1. The Morgan fingerprint density at radius 2 is 1.77 bits per heavy atom. The van der Waals surface area contributed by atoms with E-state index >= 15 is 0 Å². The highest BCUT2D eigenvalue weighted by Gasteiger charge is 2.44. The molecule has 0 spiro atoms. The summed E-state index contributed by atoms with van der Waals surface area (Å²) < 4.78 is 73.9. The van der Waals surface area contributed by atoms with Crippen molar-refractivity contribution in [1.82, 2.24) is 9.62 Å². The Labute approximate surface area is 271 Å². The Balaban J connectivity index is 1.85. The number of anilines is 1. The van der Waals surface area contributed by atoms with Crippen LogP contribution in [0.3, 0.4) is 0 Å². The lowest BCUT2D eigenvalue weighted by Crippen LogP contribution is -2.54. The highest BCUT2D eigenvalue weighted by molar-refractivity contribution is 7.90. The molecule has 48 heavy (non-hydrogen) atoms. The van der Waals surface area contributed by atoms with Gasteiger partial charge in [0, 0.05) is 17.8 Å². The number of urea groups is 1. The molecule has 1 aliphatic heterocycles. The number of carbonyl (C=O) groups is 3. The second-order valence-corrected chi connectivity index (χ2v) is 11.8. The van der Waals surface area contributed by atoms with Crippen molar-refractivity contribution in [1.29, 1.82) is 5.26 Å². The fourth-order valence-electron chi connectivity index (χ4n) is 4.84. The molecule has 3 aromatic carbocycles. The van der Waals surface area contributed by atoms with Crippen LogP contribution in [-0.4, -0.2) is 49.3 Å². The molecule has 248 valence electrons. The number of ether oxygens (including phenoxy) is 1. The molecule has 1 N–H and O–H groups in total. The molecular formula is C31H24F3N5O8S. The maximum absolute atomic E-state index is 14.2. The Bertz CT molecular complexity index is 1970. The van der Waals surface area contributed by atoms with Gasteiger partial charge in [-0.25, -0.2) is 22.7 Å². The molecular weight excluding hydrogens is 659 g/mol. The molecule has 0 saturated heterocycles. The Morgan fingerprint density at radius 1 is 1.12 bits per heavy atom. The predicted octanol–water partition coefficient (Wildman–Crippen LogP) is 4.98. The number of carbonyl (C=O) groups excluding carboxylic acids is 3. The molecule has 0 fully saturated rings. The van der Waals surface area contributed by atoms with E-state index in [1.54, 1.807) is 4.72 Å². The monoisotopic (exact) mass is 683 g/mol. The molecule has 1 unspecified atom stereocenters. The third-order valence-corrected chi connectivity index (χ3v) is 8.40. The molecule has 17 heteroatoms. The van der Waals surface area contributed by atoms with E-state index in [0.29, 0.717) is 6.07 Å². The quantitative estimate of drug-likeness (QED) is 0.134. The first-order valence-electron chi connectivity index (χ1n) is 13.7. The van der Waals surface area contributed by atoms with E-state index in [1.807, 2.05) is 6.07 Å². The van der Waals surface area contributed by atoms with E-state index in [9.17, 15) is 51.3 Å². The van der Waals surface area contributed by atoms with E-state index in [0.717, 1.165) is 46.2 Å². The zero-order valence-electron chi connectivity index (χ0n) is 24.8. The SMILES string of the molecule is C=CCOC(=O)C1=C(C)N(c2cccc(C(F)(F)F)c2)C(=O)N(CC(=O)NS(=O)(=O)c2ccc([N+](=O)[O-])cc2)C1c1ccc(C#N)cc1. The van der Waals surface area contributed by atoms with Crippen molar-refractivity contribution in [2.75, 3.05) is 18.1 Å². The van der Waals surface area contributed by atoms with Gasteiger partial charge in [-0.15, -0.1) is 0 Å². The molecule has 1 heterocycles. The van der Waals surface area contributed by atoms with Crippen LogP contribution in [0, 0.1) is 21.4 Å². The van der Waals surface area contributed by atoms with Crippen LogP contribution in [0.1, 0.15) is 29.7 Å². The van der Waals surface area contributed by atoms with Gasteiger partial charge in [0.1, 0.15) is 13.2 Å². The van der Waals surface area contributed by atoms with Gasteiger partial charge in [-0.3, -0.25) is 19.8 Å². The third-order valence-electron chi connectivity index (χ3n) is 7.01. The van der Waals surface area contributed by atoms with Crippen molar-refractivity contribution >= 4 is 39.3 Å². The van der Waals surface area contributed by atoms with Crippen molar-refractivity contribution in [3.05, 3.63) is 124 Å². The van der Waals surface area contributed by atoms with Gasteiger partial charge in [0.2, 0.25) is 0 Å². The number of allylic oxidation sites excluding steroid dienone is 1. The first-order chi connectivity index (χ1) is 22.6. The van der Waals surface area contributed by atoms with Gasteiger partial charge in [-0.05, 0) is 55.0 Å². The van der Waals surface area contributed by atoms with Gasteiger partial charge in [0.05, 0.1) is 44.3 Å². The molecule has 0 bridgehead atoms. The lowest BCUT2D eigenvalue weighted by molar-refractivity contribution is -0.384. The summed E-state index contributed by atoms with van der Waals surface area (Å²) in [6.45, 7) is 3.40. The average molecular weight is 684 g/mol. The molecule has 0 radical (unpaired) electrons. The van der Waals surface area contributed by atoms with E-state index in [4.69, 9.17) is 4.74 Å². The highest BCUT2D eigenvalue weighted by atomic mass is 32.2. The average Bonchev–Trinajstić information content (AvgIpc) is 3.04. The Morgan fingerprint density at radius 3 is 2.33 bits per heavy atom. The normalized spacial score (nSPS) is 15.1. The lowest BCUT2D eigenvalue weighted by Gasteiger charge is -2.42. The van der Waals surface area contributed by atoms with E-state index < -0.39 is 67.8 Å². The molecule has 0 aliphatic carbocycles. The summed E-state index contributed by atoms with van der Waals surface area (Å²) in [5.74, 6) is -2.34. The topological polar surface area (TPSA) is 180 Å². The molecule has 13 nitrogen and oxygen atoms in total. The molecule has 4 rings (SSSR count). The number of alkyl halides is 3. The predicted molar refractivity (Wildman–Crippen MR) is 162 cm³/mol. The Kier molecular flexibility index (Phi) is 9.99. The maximum Gasteiger partial charge on any atom is 0.416 e. The van der Waals surface area contributed by atoms with Crippen molar-refractivity contribution in [2.45, 2.75) is 24.0 Å². The second kappa shape index (κ2) is 13.8. The van der Waals surface area contributed by atoms with E-state index in [1.165, 1.54) is 43.3 Å². The molecule has 0 aromatic heterocycles. The van der Waals surface area contributed by atoms with E-state index in [2.05, 4.69) is 6.58 Å². The number of hydrogen-bond acceptors (Lipinski definition) is 9. The summed E-state index contributed by atoms with van der Waals surface area (Å²) in [7, 11) is -4.65. The Hall–Kier alpha value is -6.02. The number of halogens is 3. The number of non-ortho nitro benzene ring substituents is 1. The van der Waals surface area contributed by atoms with Crippen LogP contribution in [0.15, 0.2) is 102 Å². The number of benzene rings is 3. The minimum atomic E-state index is -4.81. The number of esters is 1. The largest absolute Gasteiger partial charge is 0.458 e. The summed E-state index contributed by atoms with van der Waals surface area (Å²) in [5, 5.41) is 20.2. The number of nitrogens with zero attached hydrogens (tertiary/aromatic N) is 4. The van der Waals surface area contributed by atoms with Gasteiger partial charge < -0.3 is 9.64 Å². The molecule has 3 aromatic rings. The van der Waals surface area contributed by atoms with Crippen LogP contribution < -0.4 is 9.62 Å². The number of nitrogens with one attached hydrogen (secondary N) is 1. The number of sulfonamides is 1. The number of amides is 3. The zero-order chi connectivity index (χ0) is 35.4. The smallest absolute Gasteiger partial charge is 0.416 e. The summed E-state index contributed by atoms with van der Waals surface area (Å²) in [6, 6.07) is 12.0. The minimum Gasteiger partial charge on any atom is -0.458 e. The van der Waals surface area contributed by atoms with Gasteiger partial charge in [0.15, 0.2) is 0 Å². The van der Waals surface area contributed by atoms with Crippen LogP contribution in [0.2, 0.25) is 0 Å². The zero-order valence-corrected chi connectivity index (χ0v) is 25.6. The van der Waals surface area contributed by atoms with Crippen molar-refractivity contribution in [3.8, 4) is 6.07 Å². The molecule has 1 atom stereocenters. The van der Waals surface area contributed by atoms with E-state index in [-0.39, 0.29) is 34.7 Å². The van der Waals surface area contributed by atoms with Crippen LogP contribution in [0.4, 0.5) is 29.3 Å². The fraction of sp³-hybridized carbons (Fsp3) is 0.161. The van der Waals surface area contributed by atoms with Gasteiger partial charge in [-0.1, -0.05) is 30.9 Å². The summed E-state index contributed by atoms with van der Waals surface area (Å²) in [5.41, 5.74) is -1.95. The van der Waals surface area contributed by atoms with Crippen LogP contribution in [-0.2, 0) is 30.5 Å². The molecule has 1 aliphatic rings. The van der Waals surface area contributed by atoms with Crippen molar-refractivity contribution in [3.63, 3.8) is 0 Å². The summed E-state index contributed by atoms with van der Waals surface area (Å²) >= 11 is 0. The van der Waals surface area contributed by atoms with Crippen molar-refractivity contribution < 1.29 is 45.6 Å². The fourth-order valence-corrected chi connectivity index (χ4v) is 5.82. The lowest BCUT2D eigenvalue weighted by atomic mass is 9.92. The molecule has 0 saturated carbocycles. The van der Waals surface area contributed by atoms with Crippen LogP contribution in [0.5, 0.6) is 0 Å². The maximum atomic E-state index is 14.2. The van der Waals surface area contributed by atoms with Gasteiger partial charge >= 0.3 is 18.2 Å². The number of hydrogen-bond donors (Lipinski definition) is 1. The van der Waals surface area contributed by atoms with Gasteiger partial charge in [0.25, 0.3) is 21.6 Å². The van der Waals surface area contributed by atoms with Crippen LogP contribution >= 0.6 is 0 Å². The van der Waals surface area contributed by atoms with Gasteiger partial charge in [-0.2, -0.15) is 18.4 Å². The third kappa shape index (κ3) is 7.34.